The molecule has 1 fully saturated rings. The fourth-order valence-corrected chi connectivity index (χ4v) is 5.27. The summed E-state index contributed by atoms with van der Waals surface area (Å²) in [7, 11) is 0.862. The largest absolute Gasteiger partial charge is 0.496 e. The van der Waals surface area contributed by atoms with Crippen molar-refractivity contribution in [2.24, 2.45) is 0 Å². The number of nitrogens with one attached hydrogen (secondary N) is 1. The fraction of sp³-hybridized carbons (Fsp3) is 0.435. The van der Waals surface area contributed by atoms with E-state index in [1.807, 2.05) is 6.07 Å². The number of hydrogen-bond donors (Lipinski definition) is 1. The fourth-order valence-electron chi connectivity index (χ4n) is 3.72. The lowest BCUT2D eigenvalue weighted by atomic mass is 10.1. The number of amides is 1. The van der Waals surface area contributed by atoms with Crippen LogP contribution in [-0.4, -0.2) is 53.0 Å². The van der Waals surface area contributed by atoms with Crippen LogP contribution in [0, 0.1) is 0 Å². The van der Waals surface area contributed by atoms with Gasteiger partial charge in [-0.1, -0.05) is 18.9 Å². The van der Waals surface area contributed by atoms with Gasteiger partial charge in [-0.15, -0.1) is 0 Å². The minimum absolute atomic E-state index is 0.0940. The maximum atomic E-state index is 13.2. The maximum Gasteiger partial charge on any atom is 0.255 e. The molecular weight excluding hydrogens is 432 g/mol. The Morgan fingerprint density at radius 3 is 2.12 bits per heavy atom. The highest BCUT2D eigenvalue weighted by molar-refractivity contribution is 7.89. The summed E-state index contributed by atoms with van der Waals surface area (Å²) < 4.78 is 43.6. The summed E-state index contributed by atoms with van der Waals surface area (Å²) in [4.78, 5) is 13.0. The molecule has 1 amide bonds. The van der Waals surface area contributed by atoms with Crippen molar-refractivity contribution in [2.75, 3.05) is 34.4 Å². The minimum Gasteiger partial charge on any atom is -0.496 e. The molecule has 1 saturated heterocycles. The molecule has 1 N–H and O–H groups in total. The predicted octanol–water partition coefficient (Wildman–Crippen LogP) is 3.21. The van der Waals surface area contributed by atoms with E-state index < -0.39 is 15.9 Å². The molecule has 174 valence electrons. The number of carbonyl (C=O) groups is 1. The Morgan fingerprint density at radius 2 is 1.50 bits per heavy atom. The van der Waals surface area contributed by atoms with E-state index in [2.05, 4.69) is 5.32 Å². The molecule has 1 aliphatic heterocycles. The summed E-state index contributed by atoms with van der Waals surface area (Å²) >= 11 is 0. The summed E-state index contributed by atoms with van der Waals surface area (Å²) in [6.07, 6.45) is 3.74. The highest BCUT2D eigenvalue weighted by Gasteiger charge is 2.27. The molecule has 0 saturated carbocycles. The van der Waals surface area contributed by atoms with Gasteiger partial charge in [0.25, 0.3) is 5.91 Å². The van der Waals surface area contributed by atoms with E-state index in [0.717, 1.165) is 31.2 Å². The van der Waals surface area contributed by atoms with Gasteiger partial charge in [0.2, 0.25) is 10.0 Å². The summed E-state index contributed by atoms with van der Waals surface area (Å²) in [5.74, 6) is 1.03. The van der Waals surface area contributed by atoms with Crippen LogP contribution >= 0.6 is 0 Å². The Hall–Kier alpha value is -2.78. The second-order valence-corrected chi connectivity index (χ2v) is 9.49. The van der Waals surface area contributed by atoms with E-state index in [0.29, 0.717) is 30.3 Å². The SMILES string of the molecule is COc1ccc(CNC(=O)c2cc(S(=O)(=O)N3CCCCCC3)ccc2OC)cc1OC. The molecule has 0 unspecified atom stereocenters. The molecule has 32 heavy (non-hydrogen) atoms. The van der Waals surface area contributed by atoms with Crippen molar-refractivity contribution in [3.63, 3.8) is 0 Å². The van der Waals surface area contributed by atoms with Gasteiger partial charge >= 0.3 is 0 Å². The lowest BCUT2D eigenvalue weighted by molar-refractivity contribution is 0.0947. The van der Waals surface area contributed by atoms with Crippen LogP contribution in [0.3, 0.4) is 0 Å². The quantitative estimate of drug-likeness (QED) is 0.648. The van der Waals surface area contributed by atoms with Crippen LogP contribution in [0.4, 0.5) is 0 Å². The number of hydrogen-bond acceptors (Lipinski definition) is 6. The molecule has 0 spiro atoms. The summed E-state index contributed by atoms with van der Waals surface area (Å²) in [5, 5.41) is 2.82. The van der Waals surface area contributed by atoms with Gasteiger partial charge < -0.3 is 19.5 Å². The molecular formula is C23H30N2O6S. The van der Waals surface area contributed by atoms with Crippen LogP contribution in [0.1, 0.15) is 41.6 Å². The monoisotopic (exact) mass is 462 g/mol. The Morgan fingerprint density at radius 1 is 0.875 bits per heavy atom. The van der Waals surface area contributed by atoms with Crippen molar-refractivity contribution >= 4 is 15.9 Å². The van der Waals surface area contributed by atoms with Crippen molar-refractivity contribution in [3.05, 3.63) is 47.5 Å². The van der Waals surface area contributed by atoms with Crippen molar-refractivity contribution in [3.8, 4) is 17.2 Å². The number of ether oxygens (including phenoxy) is 3. The van der Waals surface area contributed by atoms with Crippen molar-refractivity contribution < 1.29 is 27.4 Å². The molecule has 9 heteroatoms. The van der Waals surface area contributed by atoms with E-state index in [1.54, 1.807) is 26.4 Å². The lowest BCUT2D eigenvalue weighted by Crippen LogP contribution is -2.32. The molecule has 0 aromatic heterocycles. The molecule has 0 bridgehead atoms. The molecule has 1 aliphatic rings. The summed E-state index contributed by atoms with van der Waals surface area (Å²) in [6.45, 7) is 1.22. The summed E-state index contributed by atoms with van der Waals surface area (Å²) in [5.41, 5.74) is 0.979. The van der Waals surface area contributed by atoms with Gasteiger partial charge in [0.1, 0.15) is 5.75 Å². The second-order valence-electron chi connectivity index (χ2n) is 7.55. The first-order chi connectivity index (χ1) is 15.4. The highest BCUT2D eigenvalue weighted by Crippen LogP contribution is 2.28. The molecule has 1 heterocycles. The van der Waals surface area contributed by atoms with E-state index in [9.17, 15) is 13.2 Å². The third kappa shape index (κ3) is 5.34. The maximum absolute atomic E-state index is 13.2. The Labute approximate surface area is 189 Å². The third-order valence-electron chi connectivity index (χ3n) is 5.52. The Balaban J connectivity index is 1.81. The van der Waals surface area contributed by atoms with E-state index in [-0.39, 0.29) is 17.0 Å². The van der Waals surface area contributed by atoms with Crippen LogP contribution in [-0.2, 0) is 16.6 Å². The number of carbonyl (C=O) groups excluding carboxylic acids is 1. The zero-order valence-electron chi connectivity index (χ0n) is 18.7. The zero-order chi connectivity index (χ0) is 23.1. The van der Waals surface area contributed by atoms with Gasteiger partial charge in [-0.3, -0.25) is 4.79 Å². The van der Waals surface area contributed by atoms with Crippen LogP contribution in [0.5, 0.6) is 17.2 Å². The molecule has 0 aliphatic carbocycles. The van der Waals surface area contributed by atoms with Crippen LogP contribution in [0.25, 0.3) is 0 Å². The van der Waals surface area contributed by atoms with Gasteiger partial charge in [-0.05, 0) is 48.7 Å². The van der Waals surface area contributed by atoms with Gasteiger partial charge in [0.05, 0.1) is 31.8 Å². The third-order valence-corrected chi connectivity index (χ3v) is 7.41. The Bertz CT molecular complexity index is 1050. The molecule has 2 aromatic carbocycles. The average molecular weight is 463 g/mol. The van der Waals surface area contributed by atoms with Gasteiger partial charge in [-0.2, -0.15) is 4.31 Å². The zero-order valence-corrected chi connectivity index (χ0v) is 19.5. The Kier molecular flexibility index (Phi) is 7.98. The van der Waals surface area contributed by atoms with Gasteiger partial charge in [-0.25, -0.2) is 8.42 Å². The van der Waals surface area contributed by atoms with E-state index in [1.165, 1.54) is 29.6 Å². The van der Waals surface area contributed by atoms with Gasteiger partial charge in [0, 0.05) is 19.6 Å². The number of nitrogens with zero attached hydrogens (tertiary/aromatic N) is 1. The number of benzene rings is 2. The van der Waals surface area contributed by atoms with E-state index >= 15 is 0 Å². The molecule has 3 rings (SSSR count). The van der Waals surface area contributed by atoms with Crippen LogP contribution in [0.15, 0.2) is 41.3 Å². The number of methoxy groups -OCH3 is 3. The first-order valence-corrected chi connectivity index (χ1v) is 12.0. The average Bonchev–Trinajstić information content (AvgIpc) is 3.12. The van der Waals surface area contributed by atoms with Crippen LogP contribution < -0.4 is 19.5 Å². The van der Waals surface area contributed by atoms with Crippen LogP contribution in [0.2, 0.25) is 0 Å². The summed E-state index contributed by atoms with van der Waals surface area (Å²) in [6, 6.07) is 9.76. The number of sulfonamides is 1. The van der Waals surface area contributed by atoms with E-state index in [4.69, 9.17) is 14.2 Å². The molecule has 0 radical (unpaired) electrons. The topological polar surface area (TPSA) is 94.2 Å². The predicted molar refractivity (Wildman–Crippen MR) is 121 cm³/mol. The second kappa shape index (κ2) is 10.7. The van der Waals surface area contributed by atoms with Crippen molar-refractivity contribution in [1.29, 1.82) is 0 Å². The smallest absolute Gasteiger partial charge is 0.255 e. The highest BCUT2D eigenvalue weighted by atomic mass is 32.2. The minimum atomic E-state index is -3.68. The number of rotatable bonds is 8. The lowest BCUT2D eigenvalue weighted by Gasteiger charge is -2.20. The first kappa shape index (κ1) is 23.9. The van der Waals surface area contributed by atoms with Crippen molar-refractivity contribution in [1.82, 2.24) is 9.62 Å². The van der Waals surface area contributed by atoms with Crippen molar-refractivity contribution in [2.45, 2.75) is 37.1 Å². The normalized spacial score (nSPS) is 15.0. The molecule has 8 nitrogen and oxygen atoms in total. The molecule has 0 atom stereocenters. The van der Waals surface area contributed by atoms with Gasteiger partial charge in [0.15, 0.2) is 11.5 Å². The molecule has 2 aromatic rings. The standard InChI is InChI=1S/C23H30N2O6S/c1-29-20-11-9-18(32(27,28)25-12-6-4-5-7-13-25)15-19(20)23(26)24-16-17-8-10-21(30-2)22(14-17)31-3/h8-11,14-15H,4-7,12-13,16H2,1-3H3,(H,24,26). The first-order valence-electron chi connectivity index (χ1n) is 10.6.